The molecule has 0 unspecified atom stereocenters. The van der Waals surface area contributed by atoms with Crippen molar-refractivity contribution in [1.29, 1.82) is 5.41 Å². The third-order valence-electron chi connectivity index (χ3n) is 5.53. The highest BCUT2D eigenvalue weighted by molar-refractivity contribution is 7.19. The number of aliphatic hydroxyl groups is 1. The SMILES string of the molecule is N=C1C(c2nc3ccccc3s2)=C(O)[C@H](c2ccccc2)N1CCc1ccc(Cl)cc1. The van der Waals surface area contributed by atoms with E-state index < -0.39 is 6.04 Å². The van der Waals surface area contributed by atoms with E-state index in [1.807, 2.05) is 83.8 Å². The zero-order valence-corrected chi connectivity index (χ0v) is 18.2. The number of aromatic nitrogens is 1. The Labute approximate surface area is 189 Å². The molecule has 154 valence electrons. The lowest BCUT2D eigenvalue weighted by atomic mass is 10.0. The molecular weight excluding hydrogens is 426 g/mol. The first kappa shape index (κ1) is 19.8. The second-order valence-electron chi connectivity index (χ2n) is 7.48. The number of aliphatic hydroxyl groups excluding tert-OH is 1. The van der Waals surface area contributed by atoms with E-state index in [9.17, 15) is 5.11 Å². The molecule has 6 heteroatoms. The van der Waals surface area contributed by atoms with Crippen LogP contribution >= 0.6 is 22.9 Å². The predicted molar refractivity (Wildman–Crippen MR) is 128 cm³/mol. The predicted octanol–water partition coefficient (Wildman–Crippen LogP) is 6.50. The van der Waals surface area contributed by atoms with Crippen molar-refractivity contribution in [2.24, 2.45) is 0 Å². The maximum absolute atomic E-state index is 11.3. The first-order chi connectivity index (χ1) is 15.1. The second-order valence-corrected chi connectivity index (χ2v) is 8.95. The molecule has 5 rings (SSSR count). The van der Waals surface area contributed by atoms with Gasteiger partial charge >= 0.3 is 0 Å². The number of para-hydroxylation sites is 1. The molecule has 0 saturated carbocycles. The molecule has 2 N–H and O–H groups in total. The summed E-state index contributed by atoms with van der Waals surface area (Å²) in [5, 5.41) is 21.6. The van der Waals surface area contributed by atoms with Crippen molar-refractivity contribution >= 4 is 44.6 Å². The van der Waals surface area contributed by atoms with Crippen molar-refractivity contribution < 1.29 is 5.11 Å². The highest BCUT2D eigenvalue weighted by Crippen LogP contribution is 2.42. The molecule has 1 aromatic heterocycles. The number of amidine groups is 1. The van der Waals surface area contributed by atoms with E-state index in [4.69, 9.17) is 22.0 Å². The van der Waals surface area contributed by atoms with Gasteiger partial charge in [-0.3, -0.25) is 5.41 Å². The Kier molecular flexibility index (Phi) is 5.22. The van der Waals surface area contributed by atoms with E-state index in [2.05, 4.69) is 0 Å². The van der Waals surface area contributed by atoms with Gasteiger partial charge in [-0.05, 0) is 41.8 Å². The van der Waals surface area contributed by atoms with Gasteiger partial charge in [-0.25, -0.2) is 4.98 Å². The Hall–Kier alpha value is -3.15. The Morgan fingerprint density at radius 3 is 2.42 bits per heavy atom. The molecule has 1 aliphatic heterocycles. The number of hydrogen-bond donors (Lipinski definition) is 2. The fourth-order valence-corrected chi connectivity index (χ4v) is 5.13. The highest BCUT2D eigenvalue weighted by Gasteiger charge is 2.39. The minimum Gasteiger partial charge on any atom is -0.509 e. The molecule has 0 spiro atoms. The largest absolute Gasteiger partial charge is 0.509 e. The summed E-state index contributed by atoms with van der Waals surface area (Å²) in [7, 11) is 0. The van der Waals surface area contributed by atoms with Crippen molar-refractivity contribution in [1.82, 2.24) is 9.88 Å². The first-order valence-electron chi connectivity index (χ1n) is 10.1. The van der Waals surface area contributed by atoms with Crippen LogP contribution in [0.1, 0.15) is 22.2 Å². The van der Waals surface area contributed by atoms with Crippen LogP contribution in [0, 0.1) is 5.41 Å². The fourth-order valence-electron chi connectivity index (χ4n) is 3.98. The van der Waals surface area contributed by atoms with Gasteiger partial charge in [-0.15, -0.1) is 11.3 Å². The molecule has 0 fully saturated rings. The Morgan fingerprint density at radius 1 is 0.968 bits per heavy atom. The van der Waals surface area contributed by atoms with E-state index >= 15 is 0 Å². The molecule has 1 atom stereocenters. The monoisotopic (exact) mass is 445 g/mol. The third kappa shape index (κ3) is 3.71. The van der Waals surface area contributed by atoms with E-state index in [-0.39, 0.29) is 5.76 Å². The van der Waals surface area contributed by atoms with Gasteiger partial charge < -0.3 is 10.0 Å². The maximum Gasteiger partial charge on any atom is 0.135 e. The highest BCUT2D eigenvalue weighted by atomic mass is 35.5. The molecule has 31 heavy (non-hydrogen) atoms. The molecule has 0 aliphatic carbocycles. The Morgan fingerprint density at radius 2 is 1.68 bits per heavy atom. The number of fused-ring (bicyclic) bond motifs is 1. The van der Waals surface area contributed by atoms with E-state index in [0.717, 1.165) is 27.8 Å². The maximum atomic E-state index is 11.3. The van der Waals surface area contributed by atoms with Crippen molar-refractivity contribution in [3.8, 4) is 0 Å². The molecular formula is C25H20ClN3OS. The van der Waals surface area contributed by atoms with Crippen LogP contribution in [0.5, 0.6) is 0 Å². The van der Waals surface area contributed by atoms with Gasteiger partial charge in [0.1, 0.15) is 22.6 Å². The number of hydrogen-bond acceptors (Lipinski definition) is 4. The molecule has 4 nitrogen and oxygen atoms in total. The first-order valence-corrected chi connectivity index (χ1v) is 11.3. The number of rotatable bonds is 5. The zero-order valence-electron chi connectivity index (χ0n) is 16.6. The second kappa shape index (κ2) is 8.17. The number of thiazole rings is 1. The molecule has 0 radical (unpaired) electrons. The smallest absolute Gasteiger partial charge is 0.135 e. The van der Waals surface area contributed by atoms with E-state index in [1.54, 1.807) is 0 Å². The van der Waals surface area contributed by atoms with Crippen LogP contribution < -0.4 is 0 Å². The topological polar surface area (TPSA) is 60.2 Å². The summed E-state index contributed by atoms with van der Waals surface area (Å²) in [6.45, 7) is 0.596. The standard InChI is InChI=1S/C25H20ClN3OS/c26-18-12-10-16(11-13-18)14-15-29-22(17-6-2-1-3-7-17)23(30)21(24(29)27)25-28-19-8-4-5-9-20(19)31-25/h1-13,22,27,30H,14-15H2/t22-/m0/s1. The van der Waals surface area contributed by atoms with Gasteiger partial charge in [0.2, 0.25) is 0 Å². The van der Waals surface area contributed by atoms with Gasteiger partial charge in [0.25, 0.3) is 0 Å². The molecule has 1 aliphatic rings. The van der Waals surface area contributed by atoms with Crippen molar-refractivity contribution in [2.75, 3.05) is 6.54 Å². The summed E-state index contributed by atoms with van der Waals surface area (Å²) < 4.78 is 1.04. The molecule has 0 bridgehead atoms. The van der Waals surface area contributed by atoms with Gasteiger partial charge in [0.15, 0.2) is 0 Å². The lowest BCUT2D eigenvalue weighted by Crippen LogP contribution is -2.31. The average molecular weight is 446 g/mol. The lowest BCUT2D eigenvalue weighted by Gasteiger charge is -2.27. The summed E-state index contributed by atoms with van der Waals surface area (Å²) in [5.41, 5.74) is 3.49. The fraction of sp³-hybridized carbons (Fsp3) is 0.120. The van der Waals surface area contributed by atoms with Crippen LogP contribution in [0.25, 0.3) is 15.8 Å². The minimum atomic E-state index is -0.400. The lowest BCUT2D eigenvalue weighted by molar-refractivity contribution is 0.276. The minimum absolute atomic E-state index is 0.186. The zero-order chi connectivity index (χ0) is 21.4. The van der Waals surface area contributed by atoms with Crippen LogP contribution in [-0.4, -0.2) is 27.4 Å². The van der Waals surface area contributed by atoms with Gasteiger partial charge in [0, 0.05) is 11.6 Å². The van der Waals surface area contributed by atoms with Gasteiger partial charge in [0.05, 0.1) is 15.8 Å². The summed E-state index contributed by atoms with van der Waals surface area (Å²) in [6, 6.07) is 25.1. The van der Waals surface area contributed by atoms with Crippen molar-refractivity contribution in [3.63, 3.8) is 0 Å². The number of benzene rings is 3. The van der Waals surface area contributed by atoms with Crippen molar-refractivity contribution in [3.05, 3.63) is 106 Å². The van der Waals surface area contributed by atoms with Gasteiger partial charge in [-0.2, -0.15) is 0 Å². The van der Waals surface area contributed by atoms with E-state index in [1.165, 1.54) is 11.3 Å². The van der Waals surface area contributed by atoms with Crippen LogP contribution in [0.4, 0.5) is 0 Å². The summed E-state index contributed by atoms with van der Waals surface area (Å²) >= 11 is 7.52. The molecule has 4 aromatic rings. The molecule has 3 aromatic carbocycles. The summed E-state index contributed by atoms with van der Waals surface area (Å²) in [6.07, 6.45) is 0.739. The average Bonchev–Trinajstić information content (AvgIpc) is 3.31. The molecule has 0 saturated heterocycles. The Balaban J connectivity index is 1.52. The molecule has 2 heterocycles. The number of nitrogens with zero attached hydrogens (tertiary/aromatic N) is 2. The van der Waals surface area contributed by atoms with E-state index in [0.29, 0.717) is 28.0 Å². The van der Waals surface area contributed by atoms with Gasteiger partial charge in [-0.1, -0.05) is 66.2 Å². The quantitative estimate of drug-likeness (QED) is 0.368. The number of nitrogens with one attached hydrogen (secondary N) is 1. The normalized spacial score (nSPS) is 16.5. The molecule has 0 amide bonds. The third-order valence-corrected chi connectivity index (χ3v) is 6.83. The van der Waals surface area contributed by atoms with Crippen molar-refractivity contribution in [2.45, 2.75) is 12.5 Å². The van der Waals surface area contributed by atoms with Crippen LogP contribution in [0.2, 0.25) is 5.02 Å². The van der Waals surface area contributed by atoms with Crippen LogP contribution in [0.3, 0.4) is 0 Å². The van der Waals surface area contributed by atoms with Crippen LogP contribution in [-0.2, 0) is 6.42 Å². The summed E-state index contributed by atoms with van der Waals surface area (Å²) in [5.74, 6) is 0.491. The Bertz CT molecular complexity index is 1250. The van der Waals surface area contributed by atoms with Crippen LogP contribution in [0.15, 0.2) is 84.6 Å². The number of halogens is 1. The summed E-state index contributed by atoms with van der Waals surface area (Å²) in [4.78, 5) is 6.66.